The molecule has 0 saturated heterocycles. The number of pyridine rings is 1. The highest BCUT2D eigenvalue weighted by Gasteiger charge is 2.24. The first-order chi connectivity index (χ1) is 14.2. The number of nitrogens with zero attached hydrogens (tertiary/aromatic N) is 2. The van der Waals surface area contributed by atoms with Crippen LogP contribution in [0.4, 0.5) is 4.39 Å². The molecular weight excluding hydrogens is 401 g/mol. The van der Waals surface area contributed by atoms with E-state index >= 15 is 0 Å². The van der Waals surface area contributed by atoms with Crippen molar-refractivity contribution in [3.63, 3.8) is 0 Å². The summed E-state index contributed by atoms with van der Waals surface area (Å²) in [6, 6.07) is 10.8. The maximum absolute atomic E-state index is 14.5. The third kappa shape index (κ3) is 4.18. The Bertz CT molecular complexity index is 1210. The molecule has 0 amide bonds. The summed E-state index contributed by atoms with van der Waals surface area (Å²) in [5.74, 6) is -0.139. The first-order valence-corrected chi connectivity index (χ1v) is 11.8. The minimum absolute atomic E-state index is 0.0354. The van der Waals surface area contributed by atoms with Crippen LogP contribution in [0, 0.1) is 6.92 Å². The van der Waals surface area contributed by atoms with Gasteiger partial charge in [-0.25, -0.2) is 12.8 Å². The number of benzene rings is 1. The lowest BCUT2D eigenvalue weighted by Crippen LogP contribution is -2.49. The zero-order chi connectivity index (χ0) is 22.1. The monoisotopic (exact) mass is 430 g/mol. The number of rotatable bonds is 7. The third-order valence-corrected chi connectivity index (χ3v) is 6.90. The van der Waals surface area contributed by atoms with E-state index in [9.17, 15) is 12.8 Å². The maximum Gasteiger partial charge on any atom is 0.178 e. The minimum Gasteiger partial charge on any atom is -0.354 e. The SMILES string of the molecule is CCS(=O)(=O)c1cccc(-c2c(C(C)C)n(CC(F)=CC[NH3+])c3ccc(C)nc23)c1. The molecule has 0 saturated carbocycles. The van der Waals surface area contributed by atoms with Gasteiger partial charge in [0.15, 0.2) is 9.84 Å². The van der Waals surface area contributed by atoms with Crippen LogP contribution in [-0.4, -0.2) is 30.3 Å². The molecule has 160 valence electrons. The largest absolute Gasteiger partial charge is 0.354 e. The van der Waals surface area contributed by atoms with E-state index in [2.05, 4.69) is 19.6 Å². The molecule has 30 heavy (non-hydrogen) atoms. The molecular formula is C23H29FN3O2S+. The number of sulfone groups is 1. The summed E-state index contributed by atoms with van der Waals surface area (Å²) in [4.78, 5) is 5.04. The quantitative estimate of drug-likeness (QED) is 0.615. The molecule has 0 unspecified atom stereocenters. The lowest BCUT2D eigenvalue weighted by molar-refractivity contribution is -0.353. The van der Waals surface area contributed by atoms with E-state index in [1.807, 2.05) is 29.7 Å². The van der Waals surface area contributed by atoms with Crippen LogP contribution in [0.15, 0.2) is 53.2 Å². The van der Waals surface area contributed by atoms with Crippen molar-refractivity contribution >= 4 is 20.9 Å². The second-order valence-corrected chi connectivity index (χ2v) is 9.97. The van der Waals surface area contributed by atoms with Gasteiger partial charge < -0.3 is 10.3 Å². The number of quaternary nitrogens is 1. The molecule has 5 nitrogen and oxygen atoms in total. The number of aromatic nitrogens is 2. The van der Waals surface area contributed by atoms with Gasteiger partial charge >= 0.3 is 0 Å². The zero-order valence-corrected chi connectivity index (χ0v) is 18.8. The van der Waals surface area contributed by atoms with E-state index in [0.717, 1.165) is 33.5 Å². The first-order valence-electron chi connectivity index (χ1n) is 10.2. The Morgan fingerprint density at radius 1 is 1.27 bits per heavy atom. The van der Waals surface area contributed by atoms with Gasteiger partial charge in [0.1, 0.15) is 5.83 Å². The second kappa shape index (κ2) is 8.70. The van der Waals surface area contributed by atoms with Crippen LogP contribution >= 0.6 is 0 Å². The topological polar surface area (TPSA) is 79.6 Å². The Morgan fingerprint density at radius 2 is 2.00 bits per heavy atom. The Kier molecular flexibility index (Phi) is 6.43. The van der Waals surface area contributed by atoms with Crippen molar-refractivity contribution in [3.05, 3.63) is 59.7 Å². The van der Waals surface area contributed by atoms with Gasteiger partial charge in [-0.3, -0.25) is 4.98 Å². The molecule has 1 aromatic carbocycles. The fourth-order valence-electron chi connectivity index (χ4n) is 3.78. The van der Waals surface area contributed by atoms with Gasteiger partial charge in [-0.1, -0.05) is 32.9 Å². The highest BCUT2D eigenvalue weighted by molar-refractivity contribution is 7.91. The predicted molar refractivity (Wildman–Crippen MR) is 119 cm³/mol. The Morgan fingerprint density at radius 3 is 2.63 bits per heavy atom. The van der Waals surface area contributed by atoms with Crippen molar-refractivity contribution in [2.45, 2.75) is 45.1 Å². The summed E-state index contributed by atoms with van der Waals surface area (Å²) in [5.41, 5.74) is 8.70. The lowest BCUT2D eigenvalue weighted by atomic mass is 9.98. The van der Waals surface area contributed by atoms with Crippen molar-refractivity contribution in [1.29, 1.82) is 0 Å². The summed E-state index contributed by atoms with van der Waals surface area (Å²) in [5, 5.41) is 0. The maximum atomic E-state index is 14.5. The molecule has 0 radical (unpaired) electrons. The van der Waals surface area contributed by atoms with Crippen molar-refractivity contribution in [3.8, 4) is 11.1 Å². The molecule has 3 N–H and O–H groups in total. The van der Waals surface area contributed by atoms with Crippen LogP contribution in [0.3, 0.4) is 0 Å². The van der Waals surface area contributed by atoms with Crippen molar-refractivity contribution in [2.75, 3.05) is 12.3 Å². The van der Waals surface area contributed by atoms with Gasteiger partial charge in [-0.15, -0.1) is 0 Å². The van der Waals surface area contributed by atoms with E-state index in [1.54, 1.807) is 25.1 Å². The number of hydrogen-bond acceptors (Lipinski definition) is 3. The van der Waals surface area contributed by atoms with Crippen LogP contribution in [0.5, 0.6) is 0 Å². The third-order valence-electron chi connectivity index (χ3n) is 5.17. The van der Waals surface area contributed by atoms with Gasteiger partial charge in [-0.05, 0) is 42.7 Å². The highest BCUT2D eigenvalue weighted by atomic mass is 32.2. The number of aryl methyl sites for hydroxylation is 1. The number of hydrogen-bond donors (Lipinski definition) is 1. The molecule has 0 aliphatic heterocycles. The van der Waals surface area contributed by atoms with Crippen molar-refractivity contribution in [2.24, 2.45) is 0 Å². The van der Waals surface area contributed by atoms with Gasteiger partial charge in [0.2, 0.25) is 0 Å². The van der Waals surface area contributed by atoms with E-state index in [0.29, 0.717) is 6.54 Å². The van der Waals surface area contributed by atoms with E-state index in [-0.39, 0.29) is 28.9 Å². The van der Waals surface area contributed by atoms with Gasteiger partial charge in [-0.2, -0.15) is 0 Å². The van der Waals surface area contributed by atoms with Crippen molar-refractivity contribution in [1.82, 2.24) is 9.55 Å². The molecule has 0 aliphatic rings. The van der Waals surface area contributed by atoms with Gasteiger partial charge in [0, 0.05) is 23.0 Å². The molecule has 0 atom stereocenters. The van der Waals surface area contributed by atoms with Gasteiger partial charge in [0.25, 0.3) is 0 Å². The molecule has 0 aliphatic carbocycles. The van der Waals surface area contributed by atoms with E-state index in [1.165, 1.54) is 6.08 Å². The fraction of sp³-hybridized carbons (Fsp3) is 0.348. The first kappa shape index (κ1) is 22.2. The Balaban J connectivity index is 2.37. The molecule has 0 fully saturated rings. The summed E-state index contributed by atoms with van der Waals surface area (Å²) in [6.07, 6.45) is 1.48. The molecule has 2 aromatic heterocycles. The Hall–Kier alpha value is -2.51. The fourth-order valence-corrected chi connectivity index (χ4v) is 4.70. The highest BCUT2D eigenvalue weighted by Crippen LogP contribution is 2.39. The van der Waals surface area contributed by atoms with Crippen LogP contribution in [0.1, 0.15) is 38.1 Å². The smallest absolute Gasteiger partial charge is 0.178 e. The summed E-state index contributed by atoms with van der Waals surface area (Å²) < 4.78 is 41.4. The van der Waals surface area contributed by atoms with Crippen LogP contribution < -0.4 is 5.73 Å². The van der Waals surface area contributed by atoms with E-state index in [4.69, 9.17) is 4.98 Å². The van der Waals surface area contributed by atoms with Crippen LogP contribution in [0.2, 0.25) is 0 Å². The van der Waals surface area contributed by atoms with Crippen molar-refractivity contribution < 1.29 is 18.5 Å². The summed E-state index contributed by atoms with van der Waals surface area (Å²) in [7, 11) is -3.35. The molecule has 3 rings (SSSR count). The number of allylic oxidation sites excluding steroid dienone is 1. The summed E-state index contributed by atoms with van der Waals surface area (Å²) in [6.45, 7) is 8.13. The van der Waals surface area contributed by atoms with Crippen LogP contribution in [-0.2, 0) is 16.4 Å². The van der Waals surface area contributed by atoms with E-state index < -0.39 is 9.84 Å². The molecule has 0 bridgehead atoms. The molecule has 0 spiro atoms. The number of fused-ring (bicyclic) bond motifs is 1. The Labute approximate surface area is 177 Å². The lowest BCUT2D eigenvalue weighted by Gasteiger charge is -2.15. The second-order valence-electron chi connectivity index (χ2n) is 7.69. The normalized spacial score (nSPS) is 12.8. The van der Waals surface area contributed by atoms with Gasteiger partial charge in [0.05, 0.1) is 34.8 Å². The zero-order valence-electron chi connectivity index (χ0n) is 17.9. The standard InChI is InChI=1S/C23H28FN3O2S/c1-5-30(28,29)19-8-6-7-17(13-19)21-22-20(10-9-16(4)26-22)27(23(21)15(2)3)14-18(24)11-12-25/h6-11,13,15H,5,12,14,25H2,1-4H3/p+1. The average molecular weight is 431 g/mol. The molecule has 7 heteroatoms. The number of halogens is 1. The minimum atomic E-state index is -3.35. The average Bonchev–Trinajstić information content (AvgIpc) is 3.01. The molecule has 2 heterocycles. The predicted octanol–water partition coefficient (Wildman–Crippen LogP) is 4.02. The molecule has 3 aromatic rings. The van der Waals surface area contributed by atoms with Crippen LogP contribution in [0.25, 0.3) is 22.2 Å². The summed E-state index contributed by atoms with van der Waals surface area (Å²) >= 11 is 0.